The monoisotopic (exact) mass is 400 g/mol. The van der Waals surface area contributed by atoms with Crippen molar-refractivity contribution in [2.24, 2.45) is 23.7 Å². The maximum atomic E-state index is 14.4. The standard InChI is InChI=1S/C24H42F2O2/c1-3-5-17-6-10-19(11-7-17)20-12-8-18(9-13-20)16-28-22-15-14-21(27-4-2)23(25)24(22)26/h17-24H,3-16H2,1-2H3. The zero-order valence-electron chi connectivity index (χ0n) is 18.1. The molecular weight excluding hydrogens is 358 g/mol. The number of halogens is 2. The average molecular weight is 401 g/mol. The number of alkyl halides is 2. The number of ether oxygens (including phenoxy) is 2. The van der Waals surface area contributed by atoms with Crippen LogP contribution < -0.4 is 0 Å². The van der Waals surface area contributed by atoms with Gasteiger partial charge in [0.2, 0.25) is 0 Å². The van der Waals surface area contributed by atoms with Crippen LogP contribution in [0.4, 0.5) is 8.78 Å². The van der Waals surface area contributed by atoms with Gasteiger partial charge in [-0.1, -0.05) is 32.6 Å². The normalized spacial score (nSPS) is 42.4. The second kappa shape index (κ2) is 11.2. The summed E-state index contributed by atoms with van der Waals surface area (Å²) in [6.45, 7) is 5.18. The molecule has 0 aliphatic heterocycles. The average Bonchev–Trinajstić information content (AvgIpc) is 2.72. The van der Waals surface area contributed by atoms with Gasteiger partial charge in [-0.25, -0.2) is 8.78 Å². The van der Waals surface area contributed by atoms with Gasteiger partial charge < -0.3 is 9.47 Å². The third-order valence-corrected chi connectivity index (χ3v) is 7.82. The Bertz CT molecular complexity index is 430. The largest absolute Gasteiger partial charge is 0.375 e. The number of hydrogen-bond acceptors (Lipinski definition) is 2. The van der Waals surface area contributed by atoms with Crippen LogP contribution in [0.3, 0.4) is 0 Å². The van der Waals surface area contributed by atoms with Crippen LogP contribution in [0.25, 0.3) is 0 Å². The third-order valence-electron chi connectivity index (χ3n) is 7.82. The van der Waals surface area contributed by atoms with Crippen LogP contribution in [0.1, 0.15) is 90.9 Å². The molecular formula is C24H42F2O2. The molecule has 0 aromatic heterocycles. The molecule has 0 aromatic rings. The zero-order valence-corrected chi connectivity index (χ0v) is 18.1. The van der Waals surface area contributed by atoms with Gasteiger partial charge in [-0.3, -0.25) is 0 Å². The van der Waals surface area contributed by atoms with Crippen molar-refractivity contribution in [1.29, 1.82) is 0 Å². The summed E-state index contributed by atoms with van der Waals surface area (Å²) in [5, 5.41) is 0. The molecule has 164 valence electrons. The molecule has 3 rings (SSSR count). The molecule has 0 bridgehead atoms. The van der Waals surface area contributed by atoms with Crippen LogP contribution in [-0.2, 0) is 9.47 Å². The van der Waals surface area contributed by atoms with E-state index in [1.807, 2.05) is 6.92 Å². The maximum absolute atomic E-state index is 14.4. The Morgan fingerprint density at radius 3 is 1.64 bits per heavy atom. The van der Waals surface area contributed by atoms with E-state index in [0.717, 1.165) is 17.8 Å². The molecule has 0 spiro atoms. The van der Waals surface area contributed by atoms with E-state index in [1.165, 1.54) is 64.2 Å². The third kappa shape index (κ3) is 5.90. The van der Waals surface area contributed by atoms with Crippen molar-refractivity contribution < 1.29 is 18.3 Å². The first-order valence-corrected chi connectivity index (χ1v) is 12.1. The first-order valence-electron chi connectivity index (χ1n) is 12.1. The van der Waals surface area contributed by atoms with Gasteiger partial charge in [0.05, 0.1) is 12.2 Å². The number of hydrogen-bond donors (Lipinski definition) is 0. The molecule has 2 nitrogen and oxygen atoms in total. The highest BCUT2D eigenvalue weighted by Crippen LogP contribution is 2.42. The predicted molar refractivity (Wildman–Crippen MR) is 110 cm³/mol. The molecule has 0 amide bonds. The van der Waals surface area contributed by atoms with E-state index in [4.69, 9.17) is 9.47 Å². The smallest absolute Gasteiger partial charge is 0.160 e. The Hall–Kier alpha value is -0.220. The van der Waals surface area contributed by atoms with Gasteiger partial charge in [-0.15, -0.1) is 0 Å². The highest BCUT2D eigenvalue weighted by Gasteiger charge is 2.41. The van der Waals surface area contributed by atoms with E-state index in [-0.39, 0.29) is 0 Å². The molecule has 4 unspecified atom stereocenters. The molecule has 28 heavy (non-hydrogen) atoms. The van der Waals surface area contributed by atoms with Crippen LogP contribution >= 0.6 is 0 Å². The quantitative estimate of drug-likeness (QED) is 0.453. The van der Waals surface area contributed by atoms with Crippen molar-refractivity contribution in [3.63, 3.8) is 0 Å². The van der Waals surface area contributed by atoms with Gasteiger partial charge in [-0.05, 0) is 82.0 Å². The van der Waals surface area contributed by atoms with Gasteiger partial charge in [0.1, 0.15) is 0 Å². The van der Waals surface area contributed by atoms with Gasteiger partial charge in [0.15, 0.2) is 12.3 Å². The molecule has 3 saturated carbocycles. The second-order valence-electron chi connectivity index (χ2n) is 9.68. The summed E-state index contributed by atoms with van der Waals surface area (Å²) in [7, 11) is 0. The van der Waals surface area contributed by atoms with Gasteiger partial charge in [0, 0.05) is 13.2 Å². The molecule has 4 heteroatoms. The molecule has 0 saturated heterocycles. The van der Waals surface area contributed by atoms with Crippen LogP contribution in [0, 0.1) is 23.7 Å². The zero-order chi connectivity index (χ0) is 19.9. The molecule has 3 fully saturated rings. The van der Waals surface area contributed by atoms with Crippen molar-refractivity contribution in [3.05, 3.63) is 0 Å². The minimum Gasteiger partial charge on any atom is -0.375 e. The van der Waals surface area contributed by atoms with Gasteiger partial charge in [0.25, 0.3) is 0 Å². The van der Waals surface area contributed by atoms with Crippen molar-refractivity contribution in [3.8, 4) is 0 Å². The highest BCUT2D eigenvalue weighted by molar-refractivity contribution is 4.90. The van der Waals surface area contributed by atoms with Gasteiger partial charge in [-0.2, -0.15) is 0 Å². The van der Waals surface area contributed by atoms with Gasteiger partial charge >= 0.3 is 0 Å². The molecule has 0 aromatic carbocycles. The van der Waals surface area contributed by atoms with Crippen LogP contribution in [0.5, 0.6) is 0 Å². The van der Waals surface area contributed by atoms with Crippen LogP contribution in [0.15, 0.2) is 0 Å². The summed E-state index contributed by atoms with van der Waals surface area (Å²) in [5.41, 5.74) is 0. The summed E-state index contributed by atoms with van der Waals surface area (Å²) in [4.78, 5) is 0. The minimum atomic E-state index is -1.54. The first-order chi connectivity index (χ1) is 13.6. The fourth-order valence-electron chi connectivity index (χ4n) is 6.06. The fraction of sp³-hybridized carbons (Fsp3) is 1.00. The summed E-state index contributed by atoms with van der Waals surface area (Å²) in [5.74, 6) is 3.34. The lowest BCUT2D eigenvalue weighted by Gasteiger charge is -2.39. The summed E-state index contributed by atoms with van der Waals surface area (Å²) >= 11 is 0. The predicted octanol–water partition coefficient (Wildman–Crippen LogP) is 6.66. The number of rotatable bonds is 8. The van der Waals surface area contributed by atoms with Crippen molar-refractivity contribution in [1.82, 2.24) is 0 Å². The highest BCUT2D eigenvalue weighted by atomic mass is 19.2. The summed E-state index contributed by atoms with van der Waals surface area (Å²) in [6, 6.07) is 0. The molecule has 0 heterocycles. The Morgan fingerprint density at radius 2 is 1.14 bits per heavy atom. The van der Waals surface area contributed by atoms with E-state index >= 15 is 0 Å². The lowest BCUT2D eigenvalue weighted by Crippen LogP contribution is -2.47. The Kier molecular flexibility index (Phi) is 9.02. The molecule has 4 atom stereocenters. The maximum Gasteiger partial charge on any atom is 0.160 e. The van der Waals surface area contributed by atoms with E-state index in [2.05, 4.69) is 6.92 Å². The van der Waals surface area contributed by atoms with E-state index in [9.17, 15) is 8.78 Å². The van der Waals surface area contributed by atoms with E-state index in [1.54, 1.807) is 0 Å². The topological polar surface area (TPSA) is 18.5 Å². The molecule has 3 aliphatic carbocycles. The van der Waals surface area contributed by atoms with Crippen molar-refractivity contribution in [2.45, 2.75) is 115 Å². The lowest BCUT2D eigenvalue weighted by molar-refractivity contribution is -0.122. The Morgan fingerprint density at radius 1 is 0.643 bits per heavy atom. The fourth-order valence-corrected chi connectivity index (χ4v) is 6.06. The van der Waals surface area contributed by atoms with Crippen molar-refractivity contribution >= 4 is 0 Å². The first kappa shape index (κ1) is 22.5. The summed E-state index contributed by atoms with van der Waals surface area (Å²) in [6.07, 6.45) is 10.4. The van der Waals surface area contributed by atoms with Crippen LogP contribution in [-0.4, -0.2) is 37.8 Å². The SMILES string of the molecule is CCCC1CCC(C2CCC(COC3CCC(OCC)C(F)C3F)CC2)CC1. The minimum absolute atomic E-state index is 0.437. The molecule has 3 aliphatic rings. The van der Waals surface area contributed by atoms with Crippen LogP contribution in [0.2, 0.25) is 0 Å². The van der Waals surface area contributed by atoms with Crippen molar-refractivity contribution in [2.75, 3.05) is 13.2 Å². The Balaban J connectivity index is 1.34. The summed E-state index contributed by atoms with van der Waals surface area (Å²) < 4.78 is 39.8. The molecule has 0 N–H and O–H groups in total. The lowest BCUT2D eigenvalue weighted by atomic mass is 9.69. The molecule has 0 radical (unpaired) electrons. The second-order valence-corrected chi connectivity index (χ2v) is 9.68. The Labute approximate surface area is 171 Å². The van der Waals surface area contributed by atoms with E-state index in [0.29, 0.717) is 32.0 Å². The van der Waals surface area contributed by atoms with E-state index < -0.39 is 24.6 Å².